The third-order valence-electron chi connectivity index (χ3n) is 0.935. The van der Waals surface area contributed by atoms with Crippen LogP contribution in [0.4, 0.5) is 0 Å². The first-order chi connectivity index (χ1) is 5.81. The van der Waals surface area contributed by atoms with Gasteiger partial charge in [0.2, 0.25) is 0 Å². The van der Waals surface area contributed by atoms with Gasteiger partial charge >= 0.3 is 5.97 Å². The summed E-state index contributed by atoms with van der Waals surface area (Å²) in [6.07, 6.45) is 10.9. The highest BCUT2D eigenvalue weighted by Crippen LogP contribution is 1.84. The monoisotopic (exact) mass is 164 g/mol. The van der Waals surface area contributed by atoms with Crippen LogP contribution in [0.1, 0.15) is 6.92 Å². The summed E-state index contributed by atoms with van der Waals surface area (Å²) >= 11 is 0. The van der Waals surface area contributed by atoms with E-state index in [1.807, 2.05) is 13.0 Å². The third-order valence-corrected chi connectivity index (χ3v) is 0.935. The molecule has 12 heavy (non-hydrogen) atoms. The van der Waals surface area contributed by atoms with Crippen molar-refractivity contribution in [2.24, 2.45) is 0 Å². The summed E-state index contributed by atoms with van der Waals surface area (Å²) < 4.78 is 4.62. The van der Waals surface area contributed by atoms with Gasteiger partial charge in [-0.2, -0.15) is 0 Å². The highest BCUT2D eigenvalue weighted by atomic mass is 16.5. The Hall–Kier alpha value is -1.57. The predicted octanol–water partition coefficient (Wildman–Crippen LogP) is 2.36. The molecular weight excluding hydrogens is 152 g/mol. The SMILES string of the molecule is C=C/C=C/OC(=O)/C=C/C=C/C. The zero-order chi connectivity index (χ0) is 9.23. The number of carbonyl (C=O) groups is 1. The van der Waals surface area contributed by atoms with E-state index < -0.39 is 5.97 Å². The van der Waals surface area contributed by atoms with Crippen LogP contribution < -0.4 is 0 Å². The van der Waals surface area contributed by atoms with Crippen molar-refractivity contribution >= 4 is 5.97 Å². The summed E-state index contributed by atoms with van der Waals surface area (Å²) in [6.45, 7) is 5.29. The van der Waals surface area contributed by atoms with Crippen molar-refractivity contribution in [3.05, 3.63) is 49.3 Å². The normalized spacial score (nSPS) is 11.4. The second-order valence-corrected chi connectivity index (χ2v) is 1.89. The third kappa shape index (κ3) is 6.55. The molecule has 2 heteroatoms. The lowest BCUT2D eigenvalue weighted by Crippen LogP contribution is -1.92. The molecule has 0 N–H and O–H groups in total. The van der Waals surface area contributed by atoms with Crippen LogP contribution in [0, 0.1) is 0 Å². The fourth-order valence-corrected chi connectivity index (χ4v) is 0.446. The molecule has 64 valence electrons. The molecule has 0 aliphatic heterocycles. The molecule has 0 amide bonds. The highest BCUT2D eigenvalue weighted by molar-refractivity contribution is 5.82. The molecule has 0 atom stereocenters. The zero-order valence-corrected chi connectivity index (χ0v) is 7.07. The lowest BCUT2D eigenvalue weighted by atomic mass is 10.4. The van der Waals surface area contributed by atoms with E-state index in [4.69, 9.17) is 0 Å². The molecule has 0 bridgehead atoms. The standard InChI is InChI=1S/C10H12O2/c1-3-5-7-8-10(11)12-9-6-4-2/h3-9H,2H2,1H3/b5-3+,8-7+,9-6+. The van der Waals surface area contributed by atoms with E-state index in [-0.39, 0.29) is 0 Å². The summed E-state index contributed by atoms with van der Waals surface area (Å²) in [5, 5.41) is 0. The average Bonchev–Trinajstić information content (AvgIpc) is 2.06. The Labute approximate surface area is 72.5 Å². The fraction of sp³-hybridized carbons (Fsp3) is 0.100. The van der Waals surface area contributed by atoms with E-state index in [0.29, 0.717) is 0 Å². The van der Waals surface area contributed by atoms with Gasteiger partial charge in [-0.15, -0.1) is 0 Å². The number of allylic oxidation sites excluding steroid dienone is 5. The van der Waals surface area contributed by atoms with E-state index in [1.54, 1.807) is 18.2 Å². The van der Waals surface area contributed by atoms with Crippen molar-refractivity contribution in [1.82, 2.24) is 0 Å². The summed E-state index contributed by atoms with van der Waals surface area (Å²) in [5.74, 6) is -0.397. The largest absolute Gasteiger partial charge is 0.431 e. The Kier molecular flexibility index (Phi) is 6.55. The Balaban J connectivity index is 3.73. The number of carbonyl (C=O) groups excluding carboxylic acids is 1. The van der Waals surface area contributed by atoms with E-state index in [1.165, 1.54) is 18.4 Å². The van der Waals surface area contributed by atoms with E-state index >= 15 is 0 Å². The fourth-order valence-electron chi connectivity index (χ4n) is 0.446. The van der Waals surface area contributed by atoms with Crippen LogP contribution in [0.3, 0.4) is 0 Å². The van der Waals surface area contributed by atoms with Gasteiger partial charge in [0.05, 0.1) is 6.26 Å². The molecule has 0 aliphatic rings. The molecule has 0 aromatic rings. The van der Waals surface area contributed by atoms with Crippen molar-refractivity contribution in [1.29, 1.82) is 0 Å². The predicted molar refractivity (Wildman–Crippen MR) is 49.4 cm³/mol. The Bertz CT molecular complexity index is 222. The molecule has 0 rings (SSSR count). The molecule has 0 aliphatic carbocycles. The zero-order valence-electron chi connectivity index (χ0n) is 7.07. The van der Waals surface area contributed by atoms with E-state index in [0.717, 1.165) is 0 Å². The van der Waals surface area contributed by atoms with Crippen LogP contribution >= 0.6 is 0 Å². The van der Waals surface area contributed by atoms with Gasteiger partial charge in [0, 0.05) is 6.08 Å². The first-order valence-electron chi connectivity index (χ1n) is 3.58. The maximum absolute atomic E-state index is 10.8. The molecule has 0 fully saturated rings. The lowest BCUT2D eigenvalue weighted by molar-refractivity contribution is -0.132. The number of hydrogen-bond donors (Lipinski definition) is 0. The summed E-state index contributed by atoms with van der Waals surface area (Å²) in [6, 6.07) is 0. The van der Waals surface area contributed by atoms with Gasteiger partial charge in [-0.05, 0) is 13.0 Å². The van der Waals surface area contributed by atoms with Crippen LogP contribution in [-0.2, 0) is 9.53 Å². The minimum absolute atomic E-state index is 0.397. The molecule has 0 aromatic carbocycles. The highest BCUT2D eigenvalue weighted by Gasteiger charge is 1.88. The van der Waals surface area contributed by atoms with Crippen molar-refractivity contribution in [3.63, 3.8) is 0 Å². The van der Waals surface area contributed by atoms with Gasteiger partial charge in [0.1, 0.15) is 0 Å². The molecule has 0 spiro atoms. The molecule has 0 unspecified atom stereocenters. The number of rotatable bonds is 4. The van der Waals surface area contributed by atoms with Crippen LogP contribution in [-0.4, -0.2) is 5.97 Å². The van der Waals surface area contributed by atoms with Crippen molar-refractivity contribution < 1.29 is 9.53 Å². The second-order valence-electron chi connectivity index (χ2n) is 1.89. The maximum Gasteiger partial charge on any atom is 0.335 e. The summed E-state index contributed by atoms with van der Waals surface area (Å²) in [4.78, 5) is 10.8. The molecule has 0 saturated carbocycles. The second kappa shape index (κ2) is 7.54. The van der Waals surface area contributed by atoms with Crippen LogP contribution in [0.15, 0.2) is 49.3 Å². The van der Waals surface area contributed by atoms with Gasteiger partial charge in [-0.1, -0.05) is 30.9 Å². The van der Waals surface area contributed by atoms with Gasteiger partial charge in [-0.25, -0.2) is 4.79 Å². The Morgan fingerprint density at radius 1 is 1.33 bits per heavy atom. The van der Waals surface area contributed by atoms with Crippen molar-refractivity contribution in [2.75, 3.05) is 0 Å². The quantitative estimate of drug-likeness (QED) is 0.276. The van der Waals surface area contributed by atoms with Crippen molar-refractivity contribution in [2.45, 2.75) is 6.92 Å². The minimum atomic E-state index is -0.397. The first kappa shape index (κ1) is 10.4. The topological polar surface area (TPSA) is 26.3 Å². The minimum Gasteiger partial charge on any atom is -0.431 e. The van der Waals surface area contributed by atoms with Crippen LogP contribution in [0.5, 0.6) is 0 Å². The van der Waals surface area contributed by atoms with Gasteiger partial charge < -0.3 is 4.74 Å². The molecule has 0 saturated heterocycles. The van der Waals surface area contributed by atoms with E-state index in [9.17, 15) is 4.79 Å². The van der Waals surface area contributed by atoms with Crippen molar-refractivity contribution in [3.8, 4) is 0 Å². The summed E-state index contributed by atoms with van der Waals surface area (Å²) in [7, 11) is 0. The molecule has 0 aromatic heterocycles. The molecule has 2 nitrogen and oxygen atoms in total. The average molecular weight is 164 g/mol. The Morgan fingerprint density at radius 3 is 2.67 bits per heavy atom. The maximum atomic E-state index is 10.8. The van der Waals surface area contributed by atoms with Gasteiger partial charge in [0.15, 0.2) is 0 Å². The van der Waals surface area contributed by atoms with E-state index in [2.05, 4.69) is 11.3 Å². The van der Waals surface area contributed by atoms with Gasteiger partial charge in [-0.3, -0.25) is 0 Å². The van der Waals surface area contributed by atoms with Crippen LogP contribution in [0.2, 0.25) is 0 Å². The summed E-state index contributed by atoms with van der Waals surface area (Å²) in [5.41, 5.74) is 0. The number of ether oxygens (including phenoxy) is 1. The number of hydrogen-bond acceptors (Lipinski definition) is 2. The molecular formula is C10H12O2. The first-order valence-corrected chi connectivity index (χ1v) is 3.58. The Morgan fingerprint density at radius 2 is 2.08 bits per heavy atom. The smallest absolute Gasteiger partial charge is 0.335 e. The van der Waals surface area contributed by atoms with Gasteiger partial charge in [0.25, 0.3) is 0 Å². The lowest BCUT2D eigenvalue weighted by Gasteiger charge is -1.88. The van der Waals surface area contributed by atoms with Crippen LogP contribution in [0.25, 0.3) is 0 Å². The molecule has 0 radical (unpaired) electrons. The number of esters is 1. The molecule has 0 heterocycles.